The number of benzene rings is 1. The second-order valence-corrected chi connectivity index (χ2v) is 4.09. The molecule has 0 aromatic heterocycles. The maximum Gasteiger partial charge on any atom is 0.255 e. The minimum atomic E-state index is -0.725. The number of amides is 2. The fraction of sp³-hybridized carbons (Fsp3) is 0.333. The molecule has 18 heavy (non-hydrogen) atoms. The number of phenols is 1. The summed E-state index contributed by atoms with van der Waals surface area (Å²) >= 11 is 0. The SMILES string of the molecule is CC(NC(=O)c1ccc(F)cc1O)C(=O)N(C)C. The number of nitrogens with zero attached hydrogens (tertiary/aromatic N) is 1. The van der Waals surface area contributed by atoms with Crippen LogP contribution in [-0.4, -0.2) is 42.0 Å². The highest BCUT2D eigenvalue weighted by Crippen LogP contribution is 2.17. The molecule has 0 heterocycles. The van der Waals surface area contributed by atoms with Gasteiger partial charge in [0.2, 0.25) is 5.91 Å². The van der Waals surface area contributed by atoms with Gasteiger partial charge < -0.3 is 15.3 Å². The topological polar surface area (TPSA) is 69.6 Å². The van der Waals surface area contributed by atoms with Gasteiger partial charge in [0.1, 0.15) is 17.6 Å². The summed E-state index contributed by atoms with van der Waals surface area (Å²) in [6, 6.07) is 2.34. The molecule has 1 aromatic rings. The van der Waals surface area contributed by atoms with Crippen molar-refractivity contribution in [3.63, 3.8) is 0 Å². The summed E-state index contributed by atoms with van der Waals surface area (Å²) in [6.45, 7) is 1.53. The molecular formula is C12H15FN2O3. The molecule has 0 fully saturated rings. The third-order valence-electron chi connectivity index (χ3n) is 2.36. The number of phenolic OH excluding ortho intramolecular Hbond substituents is 1. The molecule has 0 aliphatic heterocycles. The standard InChI is InChI=1S/C12H15FN2O3/c1-7(12(18)15(2)3)14-11(17)9-5-4-8(13)6-10(9)16/h4-7,16H,1-3H3,(H,14,17). The third kappa shape index (κ3) is 3.19. The average Bonchev–Trinajstić information content (AvgIpc) is 2.27. The van der Waals surface area contributed by atoms with Gasteiger partial charge in [-0.2, -0.15) is 0 Å². The number of rotatable bonds is 3. The minimum Gasteiger partial charge on any atom is -0.507 e. The lowest BCUT2D eigenvalue weighted by Gasteiger charge is -2.18. The number of hydrogen-bond acceptors (Lipinski definition) is 3. The Kier molecular flexibility index (Phi) is 4.25. The molecule has 2 N–H and O–H groups in total. The van der Waals surface area contributed by atoms with Crippen molar-refractivity contribution in [3.05, 3.63) is 29.6 Å². The number of carbonyl (C=O) groups is 2. The second-order valence-electron chi connectivity index (χ2n) is 4.09. The first-order chi connectivity index (χ1) is 8.32. The lowest BCUT2D eigenvalue weighted by Crippen LogP contribution is -2.44. The van der Waals surface area contributed by atoms with E-state index in [0.717, 1.165) is 18.2 Å². The molecule has 0 aliphatic carbocycles. The third-order valence-corrected chi connectivity index (χ3v) is 2.36. The lowest BCUT2D eigenvalue weighted by atomic mass is 10.1. The van der Waals surface area contributed by atoms with E-state index in [0.29, 0.717) is 0 Å². The van der Waals surface area contributed by atoms with Crippen LogP contribution >= 0.6 is 0 Å². The molecule has 1 aromatic carbocycles. The molecule has 0 saturated heterocycles. The van der Waals surface area contributed by atoms with Crippen molar-refractivity contribution in [3.8, 4) is 5.75 Å². The predicted molar refractivity (Wildman–Crippen MR) is 63.7 cm³/mol. The number of nitrogens with one attached hydrogen (secondary N) is 1. The summed E-state index contributed by atoms with van der Waals surface area (Å²) in [6.07, 6.45) is 0. The van der Waals surface area contributed by atoms with Gasteiger partial charge in [0, 0.05) is 20.2 Å². The van der Waals surface area contributed by atoms with E-state index in [2.05, 4.69) is 5.32 Å². The van der Waals surface area contributed by atoms with Crippen molar-refractivity contribution in [1.29, 1.82) is 0 Å². The van der Waals surface area contributed by atoms with E-state index in [9.17, 15) is 19.1 Å². The number of carbonyl (C=O) groups excluding carboxylic acids is 2. The van der Waals surface area contributed by atoms with Gasteiger partial charge in [-0.05, 0) is 19.1 Å². The van der Waals surface area contributed by atoms with E-state index < -0.39 is 23.5 Å². The Morgan fingerprint density at radius 2 is 2.00 bits per heavy atom. The summed E-state index contributed by atoms with van der Waals surface area (Å²) < 4.78 is 12.8. The monoisotopic (exact) mass is 254 g/mol. The Hall–Kier alpha value is -2.11. The summed E-state index contributed by atoms with van der Waals surface area (Å²) in [5, 5.41) is 11.9. The average molecular weight is 254 g/mol. The van der Waals surface area contributed by atoms with Crippen molar-refractivity contribution in [2.75, 3.05) is 14.1 Å². The number of aromatic hydroxyl groups is 1. The molecule has 0 spiro atoms. The number of likely N-dealkylation sites (N-methyl/N-ethyl adjacent to an activating group) is 1. The first-order valence-corrected chi connectivity index (χ1v) is 5.33. The van der Waals surface area contributed by atoms with E-state index in [1.165, 1.54) is 11.8 Å². The summed E-state index contributed by atoms with van der Waals surface area (Å²) in [5.41, 5.74) is -0.0743. The van der Waals surface area contributed by atoms with Crippen molar-refractivity contribution in [2.45, 2.75) is 13.0 Å². The number of halogens is 1. The molecule has 1 atom stereocenters. The van der Waals surface area contributed by atoms with Crippen LogP contribution in [0.15, 0.2) is 18.2 Å². The van der Waals surface area contributed by atoms with Crippen LogP contribution in [0.2, 0.25) is 0 Å². The Balaban J connectivity index is 2.80. The van der Waals surface area contributed by atoms with Crippen LogP contribution in [0.25, 0.3) is 0 Å². The fourth-order valence-corrected chi connectivity index (χ4v) is 1.42. The zero-order chi connectivity index (χ0) is 13.9. The van der Waals surface area contributed by atoms with E-state index in [1.807, 2.05) is 0 Å². The summed E-state index contributed by atoms with van der Waals surface area (Å²) in [7, 11) is 3.14. The van der Waals surface area contributed by atoms with Crippen LogP contribution in [0.4, 0.5) is 4.39 Å². The molecule has 5 nitrogen and oxygen atoms in total. The van der Waals surface area contributed by atoms with Crippen molar-refractivity contribution in [2.24, 2.45) is 0 Å². The Labute approximate surface area is 104 Å². The highest BCUT2D eigenvalue weighted by atomic mass is 19.1. The summed E-state index contributed by atoms with van der Waals surface area (Å²) in [5.74, 6) is -2.00. The molecule has 2 amide bonds. The maximum atomic E-state index is 12.8. The van der Waals surface area contributed by atoms with Crippen LogP contribution in [0.1, 0.15) is 17.3 Å². The Morgan fingerprint density at radius 3 is 2.50 bits per heavy atom. The summed E-state index contributed by atoms with van der Waals surface area (Å²) in [4.78, 5) is 24.6. The lowest BCUT2D eigenvalue weighted by molar-refractivity contribution is -0.130. The van der Waals surface area contributed by atoms with Gasteiger partial charge in [-0.15, -0.1) is 0 Å². The van der Waals surface area contributed by atoms with E-state index in [1.54, 1.807) is 14.1 Å². The molecule has 0 radical (unpaired) electrons. The van der Waals surface area contributed by atoms with Gasteiger partial charge in [0.15, 0.2) is 0 Å². The first-order valence-electron chi connectivity index (χ1n) is 5.33. The van der Waals surface area contributed by atoms with Crippen molar-refractivity contribution >= 4 is 11.8 Å². The minimum absolute atomic E-state index is 0.0743. The van der Waals surface area contributed by atoms with Crippen LogP contribution in [-0.2, 0) is 4.79 Å². The van der Waals surface area contributed by atoms with E-state index in [4.69, 9.17) is 0 Å². The smallest absolute Gasteiger partial charge is 0.255 e. The first kappa shape index (κ1) is 14.0. The van der Waals surface area contributed by atoms with Crippen LogP contribution in [0, 0.1) is 5.82 Å². The fourth-order valence-electron chi connectivity index (χ4n) is 1.42. The molecule has 6 heteroatoms. The van der Waals surface area contributed by atoms with Gasteiger partial charge in [-0.25, -0.2) is 4.39 Å². The van der Waals surface area contributed by atoms with Gasteiger partial charge in [-0.3, -0.25) is 9.59 Å². The van der Waals surface area contributed by atoms with Gasteiger partial charge in [-0.1, -0.05) is 0 Å². The molecule has 1 rings (SSSR count). The molecular weight excluding hydrogens is 239 g/mol. The van der Waals surface area contributed by atoms with Crippen LogP contribution in [0.5, 0.6) is 5.75 Å². The molecule has 98 valence electrons. The van der Waals surface area contributed by atoms with Gasteiger partial charge in [0.25, 0.3) is 5.91 Å². The van der Waals surface area contributed by atoms with Gasteiger partial charge >= 0.3 is 0 Å². The second kappa shape index (κ2) is 5.48. The molecule has 0 bridgehead atoms. The molecule has 1 unspecified atom stereocenters. The Bertz CT molecular complexity index is 474. The zero-order valence-electron chi connectivity index (χ0n) is 10.4. The van der Waals surface area contributed by atoms with Crippen molar-refractivity contribution < 1.29 is 19.1 Å². The largest absolute Gasteiger partial charge is 0.507 e. The highest BCUT2D eigenvalue weighted by Gasteiger charge is 2.19. The highest BCUT2D eigenvalue weighted by molar-refractivity contribution is 5.99. The predicted octanol–water partition coefficient (Wildman–Crippen LogP) is 0.738. The quantitative estimate of drug-likeness (QED) is 0.835. The normalized spacial score (nSPS) is 11.8. The Morgan fingerprint density at radius 1 is 1.39 bits per heavy atom. The van der Waals surface area contributed by atoms with E-state index >= 15 is 0 Å². The zero-order valence-corrected chi connectivity index (χ0v) is 10.4. The number of hydrogen-bond donors (Lipinski definition) is 2. The van der Waals surface area contributed by atoms with Crippen LogP contribution < -0.4 is 5.32 Å². The van der Waals surface area contributed by atoms with Gasteiger partial charge in [0.05, 0.1) is 5.56 Å². The molecule has 0 aliphatic rings. The maximum absolute atomic E-state index is 12.8. The van der Waals surface area contributed by atoms with Crippen LogP contribution in [0.3, 0.4) is 0 Å². The molecule has 0 saturated carbocycles. The van der Waals surface area contributed by atoms with Crippen molar-refractivity contribution in [1.82, 2.24) is 10.2 Å². The van der Waals surface area contributed by atoms with E-state index in [-0.39, 0.29) is 11.5 Å².